The molecule has 3 heterocycles. The molecule has 2 spiro atoms. The van der Waals surface area contributed by atoms with Gasteiger partial charge in [-0.2, -0.15) is 0 Å². The van der Waals surface area contributed by atoms with Gasteiger partial charge in [-0.25, -0.2) is 4.98 Å². The molecule has 2 fully saturated rings. The summed E-state index contributed by atoms with van der Waals surface area (Å²) in [6.07, 6.45) is 11.2. The van der Waals surface area contributed by atoms with Crippen LogP contribution in [0.25, 0.3) is 16.7 Å². The van der Waals surface area contributed by atoms with E-state index >= 15 is 0 Å². The van der Waals surface area contributed by atoms with E-state index in [9.17, 15) is 10.2 Å². The number of fused-ring (bicyclic) bond motifs is 2. The Hall–Kier alpha value is -2.25. The first kappa shape index (κ1) is 21.1. The Bertz CT molecular complexity index is 1290. The van der Waals surface area contributed by atoms with E-state index in [2.05, 4.69) is 42.3 Å². The van der Waals surface area contributed by atoms with Crippen molar-refractivity contribution in [3.05, 3.63) is 59.5 Å². The fraction of sp³-hybridized carbons (Fsp3) is 0.536. The molecule has 1 saturated heterocycles. The molecule has 1 aromatic heterocycles. The largest absolute Gasteiger partial charge is 0.443 e. The van der Waals surface area contributed by atoms with Crippen LogP contribution in [0.3, 0.4) is 0 Å². The first-order valence-corrected chi connectivity index (χ1v) is 12.5. The second kappa shape index (κ2) is 6.70. The van der Waals surface area contributed by atoms with Crippen LogP contribution in [0.15, 0.2) is 58.4 Å². The summed E-state index contributed by atoms with van der Waals surface area (Å²) in [5.74, 6) is 0.333. The molecule has 7 rings (SSSR count). The molecule has 6 heteroatoms. The highest BCUT2D eigenvalue weighted by molar-refractivity contribution is 5.82. The number of oxazole rings is 1. The number of likely N-dealkylation sites (N-methyl/N-ethyl adjacent to an activating group) is 1. The fourth-order valence-corrected chi connectivity index (χ4v) is 7.97. The normalized spacial score (nSPS) is 42.7. The summed E-state index contributed by atoms with van der Waals surface area (Å²) in [5.41, 5.74) is 5.47. The molecular weight excluding hydrogens is 428 g/mol. The van der Waals surface area contributed by atoms with Gasteiger partial charge < -0.3 is 24.3 Å². The SMILES string of the molecule is CN(C)C1CC23CCC4(O2)C(=CCC2(C)C(c5ccc6ncoc6c5)=CCC24)C=C3C(O)C1O. The second-order valence-electron chi connectivity index (χ2n) is 11.5. The third kappa shape index (κ3) is 2.47. The number of aromatic nitrogens is 1. The number of nitrogens with zero attached hydrogens (tertiary/aromatic N) is 2. The van der Waals surface area contributed by atoms with Gasteiger partial charge in [0.2, 0.25) is 0 Å². The molecule has 34 heavy (non-hydrogen) atoms. The predicted octanol–water partition coefficient (Wildman–Crippen LogP) is 3.85. The Morgan fingerprint density at radius 2 is 2.00 bits per heavy atom. The third-order valence-electron chi connectivity index (χ3n) is 9.74. The van der Waals surface area contributed by atoms with Crippen LogP contribution in [-0.4, -0.2) is 63.6 Å². The molecule has 3 aliphatic carbocycles. The van der Waals surface area contributed by atoms with E-state index < -0.39 is 17.8 Å². The van der Waals surface area contributed by atoms with Crippen LogP contribution in [0.2, 0.25) is 0 Å². The molecule has 0 amide bonds. The molecule has 5 aliphatic rings. The van der Waals surface area contributed by atoms with Gasteiger partial charge in [0.25, 0.3) is 0 Å². The Morgan fingerprint density at radius 3 is 2.82 bits per heavy atom. The lowest BCUT2D eigenvalue weighted by Crippen LogP contribution is -2.61. The molecule has 7 atom stereocenters. The number of ether oxygens (including phenoxy) is 1. The summed E-state index contributed by atoms with van der Waals surface area (Å²) in [4.78, 5) is 6.30. The first-order chi connectivity index (χ1) is 16.3. The van der Waals surface area contributed by atoms with Gasteiger partial charge in [0.05, 0.1) is 17.3 Å². The van der Waals surface area contributed by atoms with Crippen molar-refractivity contribution in [2.45, 2.75) is 68.5 Å². The predicted molar refractivity (Wildman–Crippen MR) is 129 cm³/mol. The maximum atomic E-state index is 11.1. The topological polar surface area (TPSA) is 79.0 Å². The number of aliphatic hydroxyl groups excluding tert-OH is 2. The molecule has 2 aliphatic heterocycles. The molecule has 178 valence electrons. The number of hydrogen-bond acceptors (Lipinski definition) is 6. The van der Waals surface area contributed by atoms with E-state index in [4.69, 9.17) is 9.15 Å². The Kier molecular flexibility index (Phi) is 4.15. The average Bonchev–Trinajstić information content (AvgIpc) is 3.50. The highest BCUT2D eigenvalue weighted by Gasteiger charge is 2.67. The Labute approximate surface area is 199 Å². The van der Waals surface area contributed by atoms with Crippen LogP contribution in [0.5, 0.6) is 0 Å². The van der Waals surface area contributed by atoms with E-state index in [0.29, 0.717) is 12.3 Å². The maximum Gasteiger partial charge on any atom is 0.181 e. The number of benzene rings is 1. The zero-order chi connectivity index (χ0) is 23.5. The minimum Gasteiger partial charge on any atom is -0.443 e. The molecule has 2 N–H and O–H groups in total. The van der Waals surface area contributed by atoms with Crippen LogP contribution >= 0.6 is 0 Å². The molecule has 6 nitrogen and oxygen atoms in total. The zero-order valence-electron chi connectivity index (χ0n) is 20.0. The van der Waals surface area contributed by atoms with Gasteiger partial charge in [0.15, 0.2) is 12.0 Å². The van der Waals surface area contributed by atoms with E-state index in [0.717, 1.165) is 42.4 Å². The van der Waals surface area contributed by atoms with Crippen molar-refractivity contribution in [2.24, 2.45) is 11.3 Å². The van der Waals surface area contributed by atoms with Gasteiger partial charge in [-0.05, 0) is 80.6 Å². The van der Waals surface area contributed by atoms with Gasteiger partial charge >= 0.3 is 0 Å². The average molecular weight is 461 g/mol. The molecule has 1 aromatic carbocycles. The number of aliphatic hydroxyl groups is 2. The Balaban J connectivity index is 1.30. The maximum absolute atomic E-state index is 11.1. The number of allylic oxidation sites excluding steroid dienone is 3. The second-order valence-corrected chi connectivity index (χ2v) is 11.5. The lowest BCUT2D eigenvalue weighted by molar-refractivity contribution is -0.161. The van der Waals surface area contributed by atoms with Crippen molar-refractivity contribution in [1.29, 1.82) is 0 Å². The summed E-state index contributed by atoms with van der Waals surface area (Å²) in [6, 6.07) is 6.20. The first-order valence-electron chi connectivity index (χ1n) is 12.5. The quantitative estimate of drug-likeness (QED) is 0.709. The van der Waals surface area contributed by atoms with Gasteiger partial charge in [0.1, 0.15) is 11.6 Å². The fourth-order valence-electron chi connectivity index (χ4n) is 7.97. The zero-order valence-corrected chi connectivity index (χ0v) is 20.0. The minimum absolute atomic E-state index is 0.0399. The summed E-state index contributed by atoms with van der Waals surface area (Å²) in [5, 5.41) is 22.0. The van der Waals surface area contributed by atoms with Crippen LogP contribution in [0.4, 0.5) is 0 Å². The minimum atomic E-state index is -0.891. The Morgan fingerprint density at radius 1 is 1.15 bits per heavy atom. The van der Waals surface area contributed by atoms with Crippen molar-refractivity contribution >= 4 is 16.7 Å². The van der Waals surface area contributed by atoms with E-state index in [-0.39, 0.29) is 17.1 Å². The van der Waals surface area contributed by atoms with Crippen molar-refractivity contribution in [1.82, 2.24) is 9.88 Å². The summed E-state index contributed by atoms with van der Waals surface area (Å²) >= 11 is 0. The lowest BCUT2D eigenvalue weighted by atomic mass is 9.58. The van der Waals surface area contributed by atoms with Gasteiger partial charge in [0, 0.05) is 17.4 Å². The highest BCUT2D eigenvalue weighted by Crippen LogP contribution is 2.67. The molecule has 7 unspecified atom stereocenters. The summed E-state index contributed by atoms with van der Waals surface area (Å²) < 4.78 is 12.8. The summed E-state index contributed by atoms with van der Waals surface area (Å²) in [6.45, 7) is 2.39. The van der Waals surface area contributed by atoms with Gasteiger partial charge in [-0.15, -0.1) is 0 Å². The van der Waals surface area contributed by atoms with Crippen LogP contribution in [0, 0.1) is 11.3 Å². The molecular formula is C28H32N2O4. The smallest absolute Gasteiger partial charge is 0.181 e. The van der Waals surface area contributed by atoms with Gasteiger partial charge in [-0.3, -0.25) is 0 Å². The standard InChI is InChI=1S/C28H32N2O4/c1-26-9-8-17-13-19-24(31)25(32)21(30(2)3)14-27(19)10-11-28(17,34-27)23(26)7-5-18(26)16-4-6-20-22(12-16)33-15-29-20/h4-6,8,12-13,15,21,23-25,31-32H,7,9-11,14H2,1-3H3. The van der Waals surface area contributed by atoms with Crippen LogP contribution < -0.4 is 0 Å². The van der Waals surface area contributed by atoms with E-state index in [1.807, 2.05) is 25.1 Å². The van der Waals surface area contributed by atoms with Crippen LogP contribution in [-0.2, 0) is 4.74 Å². The third-order valence-corrected chi connectivity index (χ3v) is 9.74. The molecule has 1 saturated carbocycles. The van der Waals surface area contributed by atoms with E-state index in [1.54, 1.807) is 0 Å². The highest BCUT2D eigenvalue weighted by atomic mass is 16.5. The van der Waals surface area contributed by atoms with E-state index in [1.165, 1.54) is 23.1 Å². The van der Waals surface area contributed by atoms with Crippen molar-refractivity contribution in [2.75, 3.05) is 14.1 Å². The molecule has 0 radical (unpaired) electrons. The number of hydrogen-bond donors (Lipinski definition) is 2. The monoisotopic (exact) mass is 460 g/mol. The van der Waals surface area contributed by atoms with Crippen molar-refractivity contribution in [3.8, 4) is 0 Å². The summed E-state index contributed by atoms with van der Waals surface area (Å²) in [7, 11) is 3.95. The van der Waals surface area contributed by atoms with Gasteiger partial charge in [-0.1, -0.05) is 31.2 Å². The lowest BCUT2D eigenvalue weighted by Gasteiger charge is -2.55. The molecule has 2 aromatic rings. The van der Waals surface area contributed by atoms with Crippen molar-refractivity contribution in [3.63, 3.8) is 0 Å². The van der Waals surface area contributed by atoms with Crippen molar-refractivity contribution < 1.29 is 19.4 Å². The molecule has 2 bridgehead atoms. The number of rotatable bonds is 2. The van der Waals surface area contributed by atoms with Crippen LogP contribution in [0.1, 0.15) is 44.6 Å².